The first-order valence-corrected chi connectivity index (χ1v) is 12.4. The number of nitrogens with zero attached hydrogens (tertiary/aromatic N) is 2. The molecule has 0 radical (unpaired) electrons. The maximum absolute atomic E-state index is 13.3. The van der Waals surface area contributed by atoms with Crippen LogP contribution in [0, 0.1) is 23.7 Å². The van der Waals surface area contributed by atoms with Gasteiger partial charge in [-0.05, 0) is 42.5 Å². The van der Waals surface area contributed by atoms with Crippen molar-refractivity contribution in [2.45, 2.75) is 32.9 Å². The topological polar surface area (TPSA) is 74.8 Å². The number of halogens is 2. The predicted molar refractivity (Wildman–Crippen MR) is 131 cm³/mol. The van der Waals surface area contributed by atoms with E-state index in [1.165, 1.54) is 9.80 Å². The predicted octanol–water partition coefficient (Wildman–Crippen LogP) is 4.64. The second kappa shape index (κ2) is 9.25. The van der Waals surface area contributed by atoms with E-state index in [0.29, 0.717) is 27.6 Å². The molecule has 2 aromatic carbocycles. The normalized spacial score (nSPS) is 26.4. The summed E-state index contributed by atoms with van der Waals surface area (Å²) in [6.45, 7) is 2.07. The summed E-state index contributed by atoms with van der Waals surface area (Å²) in [5.41, 5.74) is 2.19. The first-order valence-electron chi connectivity index (χ1n) is 11.6. The van der Waals surface area contributed by atoms with Crippen molar-refractivity contribution in [3.05, 3.63) is 81.4 Å². The monoisotopic (exact) mass is 510 g/mol. The molecule has 2 saturated heterocycles. The van der Waals surface area contributed by atoms with Gasteiger partial charge in [-0.25, -0.2) is 0 Å². The molecular formula is C27H24Cl2N2O4. The van der Waals surface area contributed by atoms with Crippen LogP contribution in [0.4, 0.5) is 0 Å². The van der Waals surface area contributed by atoms with Gasteiger partial charge in [0.05, 0.1) is 30.8 Å². The summed E-state index contributed by atoms with van der Waals surface area (Å²) in [6, 6.07) is 14.3. The first kappa shape index (κ1) is 23.8. The van der Waals surface area contributed by atoms with Gasteiger partial charge < -0.3 is 0 Å². The molecule has 4 atom stereocenters. The summed E-state index contributed by atoms with van der Waals surface area (Å²) in [5, 5.41) is 1.00. The molecule has 0 spiro atoms. The van der Waals surface area contributed by atoms with Gasteiger partial charge >= 0.3 is 0 Å². The summed E-state index contributed by atoms with van der Waals surface area (Å²) in [5.74, 6) is -2.91. The van der Waals surface area contributed by atoms with Gasteiger partial charge in [0.25, 0.3) is 0 Å². The van der Waals surface area contributed by atoms with Crippen molar-refractivity contribution >= 4 is 46.8 Å². The molecule has 2 aromatic rings. The molecule has 0 unspecified atom stereocenters. The van der Waals surface area contributed by atoms with Gasteiger partial charge in [-0.2, -0.15) is 0 Å². The fraction of sp³-hybridized carbons (Fsp3) is 0.333. The number of carbonyl (C=O) groups excluding carboxylic acids is 4. The quantitative estimate of drug-likeness (QED) is 0.433. The standard InChI is InChI=1S/C27H24Cl2N2O4/c1-15-10-18(19-12-23(32)30(25(19)33)13-16-6-2-4-8-21(16)28)11-20-24(15)27(35)31(26(20)34)14-17-7-3-5-9-22(17)29/h2-10,18-20,24H,11-14H2,1H3/t18-,19+,20-,24-/m1/s1. The third-order valence-electron chi connectivity index (χ3n) is 7.38. The van der Waals surface area contributed by atoms with Crippen LogP contribution >= 0.6 is 23.2 Å². The maximum Gasteiger partial charge on any atom is 0.237 e. The van der Waals surface area contributed by atoms with Gasteiger partial charge in [0, 0.05) is 16.5 Å². The Morgan fingerprint density at radius 2 is 1.31 bits per heavy atom. The minimum absolute atomic E-state index is 0.0839. The van der Waals surface area contributed by atoms with Crippen molar-refractivity contribution in [3.8, 4) is 0 Å². The van der Waals surface area contributed by atoms with Crippen LogP contribution in [-0.2, 0) is 32.3 Å². The Labute approximate surface area is 213 Å². The molecule has 2 aliphatic heterocycles. The third-order valence-corrected chi connectivity index (χ3v) is 8.12. The summed E-state index contributed by atoms with van der Waals surface area (Å²) >= 11 is 12.5. The highest BCUT2D eigenvalue weighted by molar-refractivity contribution is 6.31. The molecule has 0 aromatic heterocycles. The van der Waals surface area contributed by atoms with Gasteiger partial charge in [0.2, 0.25) is 23.6 Å². The van der Waals surface area contributed by atoms with Crippen molar-refractivity contribution in [1.82, 2.24) is 9.80 Å². The van der Waals surface area contributed by atoms with E-state index in [-0.39, 0.29) is 49.1 Å². The number of benzene rings is 2. The Kier molecular flexibility index (Phi) is 6.28. The largest absolute Gasteiger partial charge is 0.278 e. The van der Waals surface area contributed by atoms with Crippen LogP contribution in [-0.4, -0.2) is 33.4 Å². The summed E-state index contributed by atoms with van der Waals surface area (Å²) in [7, 11) is 0. The van der Waals surface area contributed by atoms with Crippen LogP contribution in [0.25, 0.3) is 0 Å². The van der Waals surface area contributed by atoms with Gasteiger partial charge in [-0.15, -0.1) is 0 Å². The summed E-state index contributed by atoms with van der Waals surface area (Å²) < 4.78 is 0. The van der Waals surface area contributed by atoms with E-state index in [2.05, 4.69) is 0 Å². The van der Waals surface area contributed by atoms with Crippen molar-refractivity contribution in [2.24, 2.45) is 23.7 Å². The lowest BCUT2D eigenvalue weighted by molar-refractivity contribution is -0.142. The van der Waals surface area contributed by atoms with Crippen LogP contribution in [0.1, 0.15) is 30.9 Å². The van der Waals surface area contributed by atoms with Crippen molar-refractivity contribution in [1.29, 1.82) is 0 Å². The van der Waals surface area contributed by atoms with Crippen LogP contribution in [0.2, 0.25) is 10.0 Å². The van der Waals surface area contributed by atoms with E-state index in [4.69, 9.17) is 23.2 Å². The molecular weight excluding hydrogens is 487 g/mol. The van der Waals surface area contributed by atoms with Gasteiger partial charge in [-0.3, -0.25) is 29.0 Å². The van der Waals surface area contributed by atoms with Crippen LogP contribution < -0.4 is 0 Å². The molecule has 6 nitrogen and oxygen atoms in total. The Balaban J connectivity index is 1.34. The Morgan fingerprint density at radius 3 is 1.91 bits per heavy atom. The average molecular weight is 511 g/mol. The lowest BCUT2D eigenvalue weighted by atomic mass is 9.71. The number of likely N-dealkylation sites (tertiary alicyclic amines) is 2. The molecule has 0 saturated carbocycles. The highest BCUT2D eigenvalue weighted by Gasteiger charge is 2.53. The molecule has 35 heavy (non-hydrogen) atoms. The smallest absolute Gasteiger partial charge is 0.237 e. The summed E-state index contributed by atoms with van der Waals surface area (Å²) in [4.78, 5) is 55.1. The second-order valence-electron chi connectivity index (χ2n) is 9.47. The maximum atomic E-state index is 13.3. The SMILES string of the molecule is CC1=C[C@@H]([C@@H]2CC(=O)N(Cc3ccccc3Cl)C2=O)C[C@H]2C(=O)N(Cc3ccccc3Cl)C(=O)[C@H]12. The average Bonchev–Trinajstić information content (AvgIpc) is 3.24. The van der Waals surface area contributed by atoms with E-state index >= 15 is 0 Å². The van der Waals surface area contributed by atoms with Crippen molar-refractivity contribution in [2.75, 3.05) is 0 Å². The van der Waals surface area contributed by atoms with Crippen LogP contribution in [0.3, 0.4) is 0 Å². The van der Waals surface area contributed by atoms with Crippen molar-refractivity contribution < 1.29 is 19.2 Å². The lowest BCUT2D eigenvalue weighted by Crippen LogP contribution is -2.34. The molecule has 2 fully saturated rings. The molecule has 4 amide bonds. The fourth-order valence-corrected chi connectivity index (χ4v) is 5.97. The number of imide groups is 2. The molecule has 2 heterocycles. The fourth-order valence-electron chi connectivity index (χ4n) is 5.58. The van der Waals surface area contributed by atoms with Crippen LogP contribution in [0.5, 0.6) is 0 Å². The lowest BCUT2D eigenvalue weighted by Gasteiger charge is -2.29. The third kappa shape index (κ3) is 4.19. The van der Waals surface area contributed by atoms with E-state index in [9.17, 15) is 19.2 Å². The Morgan fingerprint density at radius 1 is 0.771 bits per heavy atom. The number of rotatable bonds is 5. The molecule has 8 heteroatoms. The highest BCUT2D eigenvalue weighted by Crippen LogP contribution is 2.45. The zero-order valence-corrected chi connectivity index (χ0v) is 20.6. The summed E-state index contributed by atoms with van der Waals surface area (Å²) in [6.07, 6.45) is 2.36. The second-order valence-corrected chi connectivity index (χ2v) is 10.3. The number of allylic oxidation sites excluding steroid dienone is 1. The number of carbonyl (C=O) groups is 4. The molecule has 5 rings (SSSR count). The minimum atomic E-state index is -0.554. The van der Waals surface area contributed by atoms with Gasteiger partial charge in [-0.1, -0.05) is 71.2 Å². The van der Waals surface area contributed by atoms with Crippen molar-refractivity contribution in [3.63, 3.8) is 0 Å². The van der Waals surface area contributed by atoms with E-state index < -0.39 is 17.8 Å². The van der Waals surface area contributed by atoms with E-state index in [0.717, 1.165) is 5.57 Å². The Bertz CT molecular complexity index is 1270. The zero-order valence-electron chi connectivity index (χ0n) is 19.1. The first-order chi connectivity index (χ1) is 16.8. The molecule has 180 valence electrons. The van der Waals surface area contributed by atoms with Gasteiger partial charge in [0.1, 0.15) is 0 Å². The molecule has 0 bridgehead atoms. The van der Waals surface area contributed by atoms with E-state index in [1.807, 2.05) is 25.1 Å². The number of hydrogen-bond donors (Lipinski definition) is 0. The molecule has 0 N–H and O–H groups in total. The number of fused-ring (bicyclic) bond motifs is 1. The number of amides is 4. The Hall–Kier alpha value is -2.96. The van der Waals surface area contributed by atoms with Gasteiger partial charge in [0.15, 0.2) is 0 Å². The minimum Gasteiger partial charge on any atom is -0.278 e. The molecule has 1 aliphatic carbocycles. The zero-order chi connectivity index (χ0) is 24.9. The molecule has 3 aliphatic rings. The van der Waals surface area contributed by atoms with E-state index in [1.54, 1.807) is 36.4 Å². The van der Waals surface area contributed by atoms with Crippen LogP contribution in [0.15, 0.2) is 60.2 Å². The number of hydrogen-bond acceptors (Lipinski definition) is 4. The highest BCUT2D eigenvalue weighted by atomic mass is 35.5.